The highest BCUT2D eigenvalue weighted by Crippen LogP contribution is 2.29. The van der Waals surface area contributed by atoms with Crippen LogP contribution in [0.5, 0.6) is 0 Å². The summed E-state index contributed by atoms with van der Waals surface area (Å²) in [5.74, 6) is 0.356. The number of rotatable bonds is 3. The van der Waals surface area contributed by atoms with Gasteiger partial charge in [-0.1, -0.05) is 23.8 Å². The Kier molecular flexibility index (Phi) is 5.19. The SMILES string of the molecule is Cc1ccc2nc(NC(=O)C[C@@H]3CCC[C@H]3N)sc2c1.Cl. The van der Waals surface area contributed by atoms with Crippen LogP contribution in [0.3, 0.4) is 0 Å². The number of amides is 1. The molecule has 0 spiro atoms. The molecule has 0 saturated heterocycles. The van der Waals surface area contributed by atoms with Gasteiger partial charge >= 0.3 is 0 Å². The molecule has 1 aromatic heterocycles. The average molecular weight is 326 g/mol. The van der Waals surface area contributed by atoms with Gasteiger partial charge in [0.15, 0.2) is 5.13 Å². The first kappa shape index (κ1) is 16.2. The zero-order chi connectivity index (χ0) is 14.1. The van der Waals surface area contributed by atoms with E-state index < -0.39 is 0 Å². The normalized spacial score (nSPS) is 21.2. The van der Waals surface area contributed by atoms with Crippen molar-refractivity contribution >= 4 is 45.0 Å². The maximum Gasteiger partial charge on any atom is 0.226 e. The standard InChI is InChI=1S/C15H19N3OS.ClH/c1-9-5-6-12-13(7-9)20-15(17-12)18-14(19)8-10-3-2-4-11(10)16;/h5-7,10-11H,2-4,8,16H2,1H3,(H,17,18,19);1H/t10-,11+;/m0./s1. The second kappa shape index (κ2) is 6.73. The number of carbonyl (C=O) groups excluding carboxylic acids is 1. The number of halogens is 1. The van der Waals surface area contributed by atoms with Crippen molar-refractivity contribution in [3.63, 3.8) is 0 Å². The molecular weight excluding hydrogens is 306 g/mol. The molecule has 1 amide bonds. The van der Waals surface area contributed by atoms with E-state index in [9.17, 15) is 4.79 Å². The highest BCUT2D eigenvalue weighted by Gasteiger charge is 2.26. The Bertz CT molecular complexity index is 643. The van der Waals surface area contributed by atoms with Crippen LogP contribution < -0.4 is 11.1 Å². The summed E-state index contributed by atoms with van der Waals surface area (Å²) in [6, 6.07) is 6.29. The topological polar surface area (TPSA) is 68.0 Å². The molecule has 1 fully saturated rings. The minimum atomic E-state index is 0. The number of nitrogens with zero attached hydrogens (tertiary/aromatic N) is 1. The first-order valence-corrected chi connectivity index (χ1v) is 7.86. The van der Waals surface area contributed by atoms with Crippen molar-refractivity contribution in [2.75, 3.05) is 5.32 Å². The minimum Gasteiger partial charge on any atom is -0.327 e. The fourth-order valence-electron chi connectivity index (χ4n) is 2.81. The second-order valence-corrected chi connectivity index (χ2v) is 6.63. The van der Waals surface area contributed by atoms with Crippen LogP contribution in [0.25, 0.3) is 10.2 Å². The molecule has 2 aromatic rings. The molecule has 1 aliphatic rings. The molecule has 0 aliphatic heterocycles. The Morgan fingerprint density at radius 2 is 2.29 bits per heavy atom. The number of fused-ring (bicyclic) bond motifs is 1. The summed E-state index contributed by atoms with van der Waals surface area (Å²) >= 11 is 1.52. The molecule has 0 bridgehead atoms. The number of carbonyl (C=O) groups is 1. The van der Waals surface area contributed by atoms with Crippen molar-refractivity contribution in [2.45, 2.75) is 38.6 Å². The lowest BCUT2D eigenvalue weighted by molar-refractivity contribution is -0.117. The second-order valence-electron chi connectivity index (χ2n) is 5.60. The number of benzene rings is 1. The molecule has 2 atom stereocenters. The van der Waals surface area contributed by atoms with Crippen molar-refractivity contribution in [3.8, 4) is 0 Å². The van der Waals surface area contributed by atoms with E-state index in [1.165, 1.54) is 16.9 Å². The molecule has 21 heavy (non-hydrogen) atoms. The molecule has 114 valence electrons. The molecule has 1 saturated carbocycles. The lowest BCUT2D eigenvalue weighted by atomic mass is 10.00. The van der Waals surface area contributed by atoms with Crippen molar-refractivity contribution in [2.24, 2.45) is 11.7 Å². The largest absolute Gasteiger partial charge is 0.327 e. The monoisotopic (exact) mass is 325 g/mol. The van der Waals surface area contributed by atoms with Gasteiger partial charge in [-0.05, 0) is 43.4 Å². The lowest BCUT2D eigenvalue weighted by Crippen LogP contribution is -2.28. The van der Waals surface area contributed by atoms with Crippen molar-refractivity contribution < 1.29 is 4.79 Å². The Balaban J connectivity index is 0.00000161. The van der Waals surface area contributed by atoms with E-state index in [2.05, 4.69) is 23.3 Å². The molecule has 1 aromatic carbocycles. The molecule has 4 nitrogen and oxygen atoms in total. The smallest absolute Gasteiger partial charge is 0.226 e. The number of aromatic nitrogens is 1. The summed E-state index contributed by atoms with van der Waals surface area (Å²) in [6.45, 7) is 2.05. The van der Waals surface area contributed by atoms with Crippen molar-refractivity contribution in [3.05, 3.63) is 23.8 Å². The van der Waals surface area contributed by atoms with Gasteiger partial charge in [0.1, 0.15) is 0 Å². The maximum atomic E-state index is 12.1. The Morgan fingerprint density at radius 1 is 1.48 bits per heavy atom. The van der Waals surface area contributed by atoms with Crippen molar-refractivity contribution in [1.29, 1.82) is 0 Å². The number of hydrogen-bond donors (Lipinski definition) is 2. The van der Waals surface area contributed by atoms with Gasteiger partial charge in [-0.3, -0.25) is 4.79 Å². The number of hydrogen-bond acceptors (Lipinski definition) is 4. The van der Waals surface area contributed by atoms with Crippen LogP contribution in [0.4, 0.5) is 5.13 Å². The van der Waals surface area contributed by atoms with Crippen LogP contribution in [0.15, 0.2) is 18.2 Å². The highest BCUT2D eigenvalue weighted by atomic mass is 35.5. The quantitative estimate of drug-likeness (QED) is 0.907. The fourth-order valence-corrected chi connectivity index (χ4v) is 3.79. The Labute approximate surface area is 134 Å². The van der Waals surface area contributed by atoms with Crippen LogP contribution in [-0.2, 0) is 4.79 Å². The Hall–Kier alpha value is -1.17. The molecule has 3 N–H and O–H groups in total. The van der Waals surface area contributed by atoms with Gasteiger partial charge in [0.25, 0.3) is 0 Å². The summed E-state index contributed by atoms with van der Waals surface area (Å²) in [4.78, 5) is 16.5. The zero-order valence-electron chi connectivity index (χ0n) is 12.0. The van der Waals surface area contributed by atoms with E-state index in [0.717, 1.165) is 29.5 Å². The van der Waals surface area contributed by atoms with Gasteiger partial charge in [-0.2, -0.15) is 0 Å². The van der Waals surface area contributed by atoms with Crippen LogP contribution in [0, 0.1) is 12.8 Å². The van der Waals surface area contributed by atoms with Gasteiger partial charge in [-0.25, -0.2) is 4.98 Å². The summed E-state index contributed by atoms with van der Waals surface area (Å²) in [5.41, 5.74) is 8.15. The molecule has 1 aliphatic carbocycles. The van der Waals surface area contributed by atoms with Gasteiger partial charge in [-0.15, -0.1) is 12.4 Å². The summed E-state index contributed by atoms with van der Waals surface area (Å²) in [6.07, 6.45) is 3.75. The van der Waals surface area contributed by atoms with Gasteiger partial charge in [0, 0.05) is 12.5 Å². The first-order valence-electron chi connectivity index (χ1n) is 7.04. The Morgan fingerprint density at radius 3 is 3.00 bits per heavy atom. The number of nitrogens with two attached hydrogens (primary N) is 1. The van der Waals surface area contributed by atoms with E-state index in [1.807, 2.05) is 12.1 Å². The molecule has 0 radical (unpaired) electrons. The predicted molar refractivity (Wildman–Crippen MR) is 90.2 cm³/mol. The van der Waals surface area contributed by atoms with E-state index in [-0.39, 0.29) is 24.4 Å². The predicted octanol–water partition coefficient (Wildman–Crippen LogP) is 3.48. The summed E-state index contributed by atoms with van der Waals surface area (Å²) in [5, 5.41) is 3.59. The van der Waals surface area contributed by atoms with E-state index in [1.54, 1.807) is 0 Å². The van der Waals surface area contributed by atoms with Gasteiger partial charge < -0.3 is 11.1 Å². The minimum absolute atomic E-state index is 0. The zero-order valence-corrected chi connectivity index (χ0v) is 13.6. The van der Waals surface area contributed by atoms with Crippen LogP contribution in [0.1, 0.15) is 31.2 Å². The lowest BCUT2D eigenvalue weighted by Gasteiger charge is -2.13. The van der Waals surface area contributed by atoms with Crippen LogP contribution in [-0.4, -0.2) is 16.9 Å². The number of aryl methyl sites for hydroxylation is 1. The summed E-state index contributed by atoms with van der Waals surface area (Å²) in [7, 11) is 0. The van der Waals surface area contributed by atoms with Gasteiger partial charge in [0.05, 0.1) is 10.2 Å². The third-order valence-electron chi connectivity index (χ3n) is 3.96. The maximum absolute atomic E-state index is 12.1. The third kappa shape index (κ3) is 3.73. The average Bonchev–Trinajstić information content (AvgIpc) is 2.95. The van der Waals surface area contributed by atoms with Crippen LogP contribution >= 0.6 is 23.7 Å². The fraction of sp³-hybridized carbons (Fsp3) is 0.467. The van der Waals surface area contributed by atoms with Crippen LogP contribution in [0.2, 0.25) is 0 Å². The molecule has 6 heteroatoms. The van der Waals surface area contributed by atoms with Crippen molar-refractivity contribution in [1.82, 2.24) is 4.98 Å². The number of thiazole rings is 1. The molecular formula is C15H20ClN3OS. The highest BCUT2D eigenvalue weighted by molar-refractivity contribution is 7.22. The van der Waals surface area contributed by atoms with Gasteiger partial charge in [0.2, 0.25) is 5.91 Å². The molecule has 1 heterocycles. The molecule has 0 unspecified atom stereocenters. The van der Waals surface area contributed by atoms with E-state index in [0.29, 0.717) is 17.5 Å². The summed E-state index contributed by atoms with van der Waals surface area (Å²) < 4.78 is 1.11. The van der Waals surface area contributed by atoms with E-state index in [4.69, 9.17) is 5.73 Å². The third-order valence-corrected chi connectivity index (χ3v) is 4.89. The molecule has 3 rings (SSSR count). The number of nitrogens with one attached hydrogen (secondary N) is 1. The number of anilines is 1. The van der Waals surface area contributed by atoms with E-state index >= 15 is 0 Å². The first-order chi connectivity index (χ1) is 9.61.